The van der Waals surface area contributed by atoms with Crippen molar-refractivity contribution in [1.29, 1.82) is 0 Å². The SMILES string of the molecule is CCCC1(C)CC1CCl. The molecule has 1 heteroatoms. The molecule has 0 aromatic heterocycles. The molecular formula is C8H15Cl. The molecule has 1 aliphatic carbocycles. The molecule has 0 aliphatic heterocycles. The van der Waals surface area contributed by atoms with Crippen LogP contribution in [-0.4, -0.2) is 5.88 Å². The summed E-state index contributed by atoms with van der Waals surface area (Å²) in [7, 11) is 0. The Hall–Kier alpha value is 0.290. The molecule has 0 bridgehead atoms. The summed E-state index contributed by atoms with van der Waals surface area (Å²) in [5.74, 6) is 1.70. The van der Waals surface area contributed by atoms with Crippen molar-refractivity contribution in [3.63, 3.8) is 0 Å². The number of alkyl halides is 1. The lowest BCUT2D eigenvalue weighted by Crippen LogP contribution is -1.97. The predicted octanol–water partition coefficient (Wildman–Crippen LogP) is 3.05. The second-order valence-corrected chi connectivity index (χ2v) is 3.77. The number of hydrogen-bond acceptors (Lipinski definition) is 0. The zero-order valence-electron chi connectivity index (χ0n) is 6.28. The third kappa shape index (κ3) is 1.40. The van der Waals surface area contributed by atoms with Crippen molar-refractivity contribution in [1.82, 2.24) is 0 Å². The van der Waals surface area contributed by atoms with Crippen LogP contribution in [0.4, 0.5) is 0 Å². The van der Waals surface area contributed by atoms with Gasteiger partial charge in [0.15, 0.2) is 0 Å². The van der Waals surface area contributed by atoms with Crippen LogP contribution >= 0.6 is 11.6 Å². The largest absolute Gasteiger partial charge is 0.126 e. The second-order valence-electron chi connectivity index (χ2n) is 3.46. The van der Waals surface area contributed by atoms with Crippen LogP contribution in [0.5, 0.6) is 0 Å². The van der Waals surface area contributed by atoms with Gasteiger partial charge in [0, 0.05) is 5.88 Å². The minimum Gasteiger partial charge on any atom is -0.126 e. The molecule has 0 nitrogen and oxygen atoms in total. The maximum absolute atomic E-state index is 5.72. The molecule has 0 spiro atoms. The van der Waals surface area contributed by atoms with E-state index in [2.05, 4.69) is 13.8 Å². The van der Waals surface area contributed by atoms with E-state index >= 15 is 0 Å². The first-order chi connectivity index (χ1) is 4.23. The number of hydrogen-bond donors (Lipinski definition) is 0. The monoisotopic (exact) mass is 146 g/mol. The average Bonchev–Trinajstić information content (AvgIpc) is 2.43. The van der Waals surface area contributed by atoms with Crippen LogP contribution in [0.3, 0.4) is 0 Å². The zero-order chi connectivity index (χ0) is 6.91. The Bertz CT molecular complexity index is 101. The van der Waals surface area contributed by atoms with Crippen LogP contribution < -0.4 is 0 Å². The molecule has 0 radical (unpaired) electrons. The van der Waals surface area contributed by atoms with Gasteiger partial charge in [-0.2, -0.15) is 0 Å². The highest BCUT2D eigenvalue weighted by Crippen LogP contribution is 2.55. The number of halogens is 1. The summed E-state index contributed by atoms with van der Waals surface area (Å²) < 4.78 is 0. The molecule has 0 aromatic carbocycles. The Kier molecular flexibility index (Phi) is 2.05. The average molecular weight is 147 g/mol. The molecule has 1 fully saturated rings. The quantitative estimate of drug-likeness (QED) is 0.537. The van der Waals surface area contributed by atoms with Crippen molar-refractivity contribution in [2.75, 3.05) is 5.88 Å². The highest BCUT2D eigenvalue weighted by atomic mass is 35.5. The molecule has 9 heavy (non-hydrogen) atoms. The summed E-state index contributed by atoms with van der Waals surface area (Å²) in [6, 6.07) is 0. The van der Waals surface area contributed by atoms with Gasteiger partial charge in [0.2, 0.25) is 0 Å². The lowest BCUT2D eigenvalue weighted by atomic mass is 10.0. The third-order valence-corrected chi connectivity index (χ3v) is 2.92. The molecule has 1 rings (SSSR count). The van der Waals surface area contributed by atoms with E-state index < -0.39 is 0 Å². The van der Waals surface area contributed by atoms with Gasteiger partial charge in [0.05, 0.1) is 0 Å². The second kappa shape index (κ2) is 2.49. The summed E-state index contributed by atoms with van der Waals surface area (Å²) in [6.07, 6.45) is 4.04. The van der Waals surface area contributed by atoms with Crippen LogP contribution in [0.15, 0.2) is 0 Å². The van der Waals surface area contributed by atoms with Gasteiger partial charge < -0.3 is 0 Å². The van der Waals surface area contributed by atoms with Crippen LogP contribution in [0.25, 0.3) is 0 Å². The Morgan fingerprint density at radius 2 is 2.33 bits per heavy atom. The fourth-order valence-electron chi connectivity index (χ4n) is 1.62. The van der Waals surface area contributed by atoms with E-state index in [0.29, 0.717) is 5.41 Å². The highest BCUT2D eigenvalue weighted by molar-refractivity contribution is 6.18. The lowest BCUT2D eigenvalue weighted by molar-refractivity contribution is 0.470. The fourth-order valence-corrected chi connectivity index (χ4v) is 2.10. The van der Waals surface area contributed by atoms with Gasteiger partial charge in [-0.15, -0.1) is 11.6 Å². The van der Waals surface area contributed by atoms with E-state index in [0.717, 1.165) is 11.8 Å². The van der Waals surface area contributed by atoms with Crippen molar-refractivity contribution >= 4 is 11.6 Å². The van der Waals surface area contributed by atoms with Crippen LogP contribution in [-0.2, 0) is 0 Å². The summed E-state index contributed by atoms with van der Waals surface area (Å²) in [5.41, 5.74) is 0.635. The van der Waals surface area contributed by atoms with E-state index in [1.807, 2.05) is 0 Å². The Balaban J connectivity index is 2.25. The first-order valence-electron chi connectivity index (χ1n) is 3.79. The Morgan fingerprint density at radius 1 is 1.67 bits per heavy atom. The van der Waals surface area contributed by atoms with E-state index in [1.165, 1.54) is 19.3 Å². The summed E-state index contributed by atoms with van der Waals surface area (Å²) in [5, 5.41) is 0. The smallest absolute Gasteiger partial charge is 0.0257 e. The molecule has 0 aromatic rings. The van der Waals surface area contributed by atoms with Crippen LogP contribution in [0.2, 0.25) is 0 Å². The summed E-state index contributed by atoms with van der Waals surface area (Å²) in [6.45, 7) is 4.60. The minimum absolute atomic E-state index is 0.635. The third-order valence-electron chi connectivity index (χ3n) is 2.55. The van der Waals surface area contributed by atoms with Crippen LogP contribution in [0.1, 0.15) is 33.1 Å². The molecule has 1 saturated carbocycles. The van der Waals surface area contributed by atoms with Crippen LogP contribution in [0, 0.1) is 11.3 Å². The van der Waals surface area contributed by atoms with E-state index in [1.54, 1.807) is 0 Å². The standard InChI is InChI=1S/C8H15Cl/c1-3-4-8(2)5-7(8)6-9/h7H,3-6H2,1-2H3. The zero-order valence-corrected chi connectivity index (χ0v) is 7.04. The molecule has 54 valence electrons. The summed E-state index contributed by atoms with van der Waals surface area (Å²) >= 11 is 5.72. The van der Waals surface area contributed by atoms with Crippen molar-refractivity contribution in [3.8, 4) is 0 Å². The first kappa shape index (κ1) is 7.40. The molecule has 0 heterocycles. The van der Waals surface area contributed by atoms with Gasteiger partial charge in [-0.3, -0.25) is 0 Å². The van der Waals surface area contributed by atoms with Crippen molar-refractivity contribution < 1.29 is 0 Å². The first-order valence-corrected chi connectivity index (χ1v) is 4.32. The van der Waals surface area contributed by atoms with Crippen molar-refractivity contribution in [2.45, 2.75) is 33.1 Å². The molecule has 0 saturated heterocycles. The molecule has 0 N–H and O–H groups in total. The van der Waals surface area contributed by atoms with Gasteiger partial charge in [0.25, 0.3) is 0 Å². The predicted molar refractivity (Wildman–Crippen MR) is 41.8 cm³/mol. The van der Waals surface area contributed by atoms with Gasteiger partial charge in [-0.05, 0) is 24.2 Å². The van der Waals surface area contributed by atoms with Gasteiger partial charge in [0.1, 0.15) is 0 Å². The molecule has 0 amide bonds. The van der Waals surface area contributed by atoms with Gasteiger partial charge in [-0.25, -0.2) is 0 Å². The van der Waals surface area contributed by atoms with E-state index in [-0.39, 0.29) is 0 Å². The molecule has 1 aliphatic rings. The van der Waals surface area contributed by atoms with Gasteiger partial charge in [-0.1, -0.05) is 20.3 Å². The molecule has 2 unspecified atom stereocenters. The summed E-state index contributed by atoms with van der Waals surface area (Å²) in [4.78, 5) is 0. The van der Waals surface area contributed by atoms with E-state index in [9.17, 15) is 0 Å². The maximum Gasteiger partial charge on any atom is 0.0257 e. The molecule has 2 atom stereocenters. The fraction of sp³-hybridized carbons (Fsp3) is 1.00. The Morgan fingerprint density at radius 3 is 2.67 bits per heavy atom. The van der Waals surface area contributed by atoms with Crippen molar-refractivity contribution in [2.24, 2.45) is 11.3 Å². The molecular weight excluding hydrogens is 132 g/mol. The highest BCUT2D eigenvalue weighted by Gasteiger charge is 2.47. The Labute approximate surface area is 62.6 Å². The normalized spacial score (nSPS) is 41.0. The number of rotatable bonds is 3. The van der Waals surface area contributed by atoms with E-state index in [4.69, 9.17) is 11.6 Å². The van der Waals surface area contributed by atoms with Crippen molar-refractivity contribution in [3.05, 3.63) is 0 Å². The lowest BCUT2D eigenvalue weighted by Gasteiger charge is -2.05. The van der Waals surface area contributed by atoms with Gasteiger partial charge >= 0.3 is 0 Å². The minimum atomic E-state index is 0.635. The topological polar surface area (TPSA) is 0 Å². The maximum atomic E-state index is 5.72.